The van der Waals surface area contributed by atoms with Gasteiger partial charge in [0.2, 0.25) is 0 Å². The molecule has 0 saturated heterocycles. The first kappa shape index (κ1) is 19.9. The summed E-state index contributed by atoms with van der Waals surface area (Å²) in [6.45, 7) is 4.86. The molecule has 138 valence electrons. The summed E-state index contributed by atoms with van der Waals surface area (Å²) in [5.74, 6) is -1.34. The van der Waals surface area contributed by atoms with Crippen LogP contribution in [-0.2, 0) is 14.3 Å². The molecule has 0 radical (unpaired) electrons. The Morgan fingerprint density at radius 2 is 1.92 bits per heavy atom. The molecule has 0 aliphatic carbocycles. The highest BCUT2D eigenvalue weighted by atomic mass is 79.9. The molecule has 1 unspecified atom stereocenters. The first-order valence-electron chi connectivity index (χ1n) is 7.91. The fourth-order valence-corrected chi connectivity index (χ4v) is 2.44. The number of carbonyl (C=O) groups is 2. The Bertz CT molecular complexity index is 825. The van der Waals surface area contributed by atoms with Gasteiger partial charge in [0.25, 0.3) is 5.91 Å². The quantitative estimate of drug-likeness (QED) is 0.708. The van der Waals surface area contributed by atoms with Crippen LogP contribution in [0.3, 0.4) is 0 Å². The Kier molecular flexibility index (Phi) is 6.74. The molecule has 0 aliphatic heterocycles. The number of amides is 1. The summed E-state index contributed by atoms with van der Waals surface area (Å²) in [6.07, 6.45) is -1.09. The van der Waals surface area contributed by atoms with Gasteiger partial charge in [-0.3, -0.25) is 4.79 Å². The second-order valence-corrected chi connectivity index (χ2v) is 6.72. The third-order valence-electron chi connectivity index (χ3n) is 3.56. The van der Waals surface area contributed by atoms with Gasteiger partial charge in [-0.2, -0.15) is 0 Å². The SMILES string of the molecule is Cc1ccc(C)c(OCC(=O)OC(C)C(=O)Nc2ccc(Br)cc2F)c1. The highest BCUT2D eigenvalue weighted by Gasteiger charge is 2.19. The van der Waals surface area contributed by atoms with E-state index in [9.17, 15) is 14.0 Å². The molecule has 0 spiro atoms. The molecule has 7 heteroatoms. The van der Waals surface area contributed by atoms with Crippen LogP contribution >= 0.6 is 15.9 Å². The van der Waals surface area contributed by atoms with Crippen molar-refractivity contribution in [3.05, 3.63) is 57.8 Å². The molecule has 1 atom stereocenters. The van der Waals surface area contributed by atoms with Crippen LogP contribution in [0.25, 0.3) is 0 Å². The van der Waals surface area contributed by atoms with E-state index in [1.807, 2.05) is 32.0 Å². The first-order chi connectivity index (χ1) is 12.3. The topological polar surface area (TPSA) is 64.6 Å². The molecule has 1 N–H and O–H groups in total. The summed E-state index contributed by atoms with van der Waals surface area (Å²) in [7, 11) is 0. The molecule has 0 aromatic heterocycles. The highest BCUT2D eigenvalue weighted by Crippen LogP contribution is 2.20. The normalized spacial score (nSPS) is 11.6. The van der Waals surface area contributed by atoms with Crippen LogP contribution in [0, 0.1) is 19.7 Å². The molecule has 2 aromatic rings. The number of esters is 1. The largest absolute Gasteiger partial charge is 0.482 e. The van der Waals surface area contributed by atoms with Crippen LogP contribution in [-0.4, -0.2) is 24.6 Å². The molecule has 26 heavy (non-hydrogen) atoms. The predicted octanol–water partition coefficient (Wildman–Crippen LogP) is 4.15. The molecule has 2 rings (SSSR count). The summed E-state index contributed by atoms with van der Waals surface area (Å²) in [5.41, 5.74) is 1.90. The number of hydrogen-bond acceptors (Lipinski definition) is 4. The molecule has 0 saturated carbocycles. The number of ether oxygens (including phenoxy) is 2. The maximum atomic E-state index is 13.7. The van der Waals surface area contributed by atoms with Crippen LogP contribution < -0.4 is 10.1 Å². The number of hydrogen-bond donors (Lipinski definition) is 1. The summed E-state index contributed by atoms with van der Waals surface area (Å²) >= 11 is 3.13. The zero-order valence-electron chi connectivity index (χ0n) is 14.6. The van der Waals surface area contributed by atoms with Crippen LogP contribution in [0.4, 0.5) is 10.1 Å². The number of nitrogens with one attached hydrogen (secondary N) is 1. The van der Waals surface area contributed by atoms with Crippen LogP contribution in [0.5, 0.6) is 5.75 Å². The Labute approximate surface area is 159 Å². The maximum Gasteiger partial charge on any atom is 0.344 e. The number of anilines is 1. The molecule has 2 aromatic carbocycles. The van der Waals surface area contributed by atoms with Gasteiger partial charge in [-0.25, -0.2) is 9.18 Å². The lowest BCUT2D eigenvalue weighted by Crippen LogP contribution is -2.32. The number of carbonyl (C=O) groups excluding carboxylic acids is 2. The summed E-state index contributed by atoms with van der Waals surface area (Å²) < 4.78 is 24.8. The van der Waals surface area contributed by atoms with E-state index in [-0.39, 0.29) is 12.3 Å². The Balaban J connectivity index is 1.87. The van der Waals surface area contributed by atoms with Crippen molar-refractivity contribution in [2.45, 2.75) is 26.9 Å². The van der Waals surface area contributed by atoms with E-state index < -0.39 is 23.8 Å². The Hall–Kier alpha value is -2.41. The third-order valence-corrected chi connectivity index (χ3v) is 4.05. The fourth-order valence-electron chi connectivity index (χ4n) is 2.11. The van der Waals surface area contributed by atoms with Crippen LogP contribution in [0.1, 0.15) is 18.1 Å². The van der Waals surface area contributed by atoms with Gasteiger partial charge in [0.05, 0.1) is 5.69 Å². The van der Waals surface area contributed by atoms with Crippen LogP contribution in [0.2, 0.25) is 0 Å². The lowest BCUT2D eigenvalue weighted by molar-refractivity contribution is -0.155. The van der Waals surface area contributed by atoms with E-state index in [4.69, 9.17) is 9.47 Å². The second-order valence-electron chi connectivity index (χ2n) is 5.80. The van der Waals surface area contributed by atoms with Gasteiger partial charge in [-0.15, -0.1) is 0 Å². The molecular weight excluding hydrogens is 405 g/mol. The minimum atomic E-state index is -1.09. The fraction of sp³-hybridized carbons (Fsp3) is 0.263. The van der Waals surface area contributed by atoms with Crippen molar-refractivity contribution in [1.29, 1.82) is 0 Å². The van der Waals surface area contributed by atoms with Gasteiger partial charge in [0, 0.05) is 4.47 Å². The second kappa shape index (κ2) is 8.80. The summed E-state index contributed by atoms with van der Waals surface area (Å²) in [4.78, 5) is 23.9. The molecule has 1 amide bonds. The van der Waals surface area contributed by atoms with Crippen LogP contribution in [0.15, 0.2) is 40.9 Å². The van der Waals surface area contributed by atoms with E-state index in [2.05, 4.69) is 21.2 Å². The van der Waals surface area contributed by atoms with E-state index in [0.29, 0.717) is 10.2 Å². The van der Waals surface area contributed by atoms with Gasteiger partial charge in [0.1, 0.15) is 11.6 Å². The summed E-state index contributed by atoms with van der Waals surface area (Å²) in [5, 5.41) is 2.38. The average molecular weight is 424 g/mol. The first-order valence-corrected chi connectivity index (χ1v) is 8.71. The van der Waals surface area contributed by atoms with Crippen molar-refractivity contribution < 1.29 is 23.5 Å². The zero-order valence-corrected chi connectivity index (χ0v) is 16.2. The van der Waals surface area contributed by atoms with Crippen molar-refractivity contribution in [2.75, 3.05) is 11.9 Å². The number of halogens is 2. The molecule has 5 nitrogen and oxygen atoms in total. The van der Waals surface area contributed by atoms with Gasteiger partial charge in [0.15, 0.2) is 12.7 Å². The molecule has 0 aliphatic rings. The van der Waals surface area contributed by atoms with Crippen molar-refractivity contribution in [1.82, 2.24) is 0 Å². The van der Waals surface area contributed by atoms with E-state index in [1.165, 1.54) is 19.1 Å². The van der Waals surface area contributed by atoms with Gasteiger partial charge < -0.3 is 14.8 Å². The van der Waals surface area contributed by atoms with Crippen molar-refractivity contribution in [2.24, 2.45) is 0 Å². The zero-order chi connectivity index (χ0) is 19.3. The van der Waals surface area contributed by atoms with Crippen molar-refractivity contribution in [3.63, 3.8) is 0 Å². The maximum absolute atomic E-state index is 13.7. The number of rotatable bonds is 6. The summed E-state index contributed by atoms with van der Waals surface area (Å²) in [6, 6.07) is 9.87. The minimum absolute atomic E-state index is 0.00716. The lowest BCUT2D eigenvalue weighted by Gasteiger charge is -2.15. The Morgan fingerprint density at radius 3 is 2.62 bits per heavy atom. The van der Waals surface area contributed by atoms with E-state index in [1.54, 1.807) is 6.07 Å². The highest BCUT2D eigenvalue weighted by molar-refractivity contribution is 9.10. The third kappa shape index (κ3) is 5.56. The van der Waals surface area contributed by atoms with Gasteiger partial charge in [-0.1, -0.05) is 28.1 Å². The Morgan fingerprint density at radius 1 is 1.19 bits per heavy atom. The van der Waals surface area contributed by atoms with E-state index in [0.717, 1.165) is 11.1 Å². The molecule has 0 fully saturated rings. The lowest BCUT2D eigenvalue weighted by atomic mass is 10.1. The number of benzene rings is 2. The monoisotopic (exact) mass is 423 g/mol. The number of aryl methyl sites for hydroxylation is 2. The average Bonchev–Trinajstić information content (AvgIpc) is 2.58. The van der Waals surface area contributed by atoms with Gasteiger partial charge in [-0.05, 0) is 56.2 Å². The van der Waals surface area contributed by atoms with E-state index >= 15 is 0 Å². The van der Waals surface area contributed by atoms with Crippen molar-refractivity contribution >= 4 is 33.5 Å². The molecule has 0 bridgehead atoms. The molecular formula is C19H19BrFNO4. The molecule has 0 heterocycles. The smallest absolute Gasteiger partial charge is 0.344 e. The van der Waals surface area contributed by atoms with Crippen molar-refractivity contribution in [3.8, 4) is 5.75 Å². The standard InChI is InChI=1S/C19H19BrFNO4/c1-11-4-5-12(2)17(8-11)25-10-18(23)26-13(3)19(24)22-16-7-6-14(20)9-15(16)21/h4-9,13H,10H2,1-3H3,(H,22,24). The van der Waals surface area contributed by atoms with Gasteiger partial charge >= 0.3 is 5.97 Å². The minimum Gasteiger partial charge on any atom is -0.482 e. The predicted molar refractivity (Wildman–Crippen MR) is 99.7 cm³/mol.